The van der Waals surface area contributed by atoms with Gasteiger partial charge in [0.1, 0.15) is 11.4 Å². The van der Waals surface area contributed by atoms with Crippen molar-refractivity contribution in [1.29, 1.82) is 0 Å². The number of allylic oxidation sites excluding steroid dienone is 2. The molecule has 0 unspecified atom stereocenters. The molecule has 1 saturated heterocycles. The molecule has 1 heterocycles. The lowest BCUT2D eigenvalue weighted by Gasteiger charge is -2.36. The van der Waals surface area contributed by atoms with E-state index in [1.165, 1.54) is 6.08 Å². The Morgan fingerprint density at radius 3 is 2.05 bits per heavy atom. The summed E-state index contributed by atoms with van der Waals surface area (Å²) in [4.78, 5) is 15.7. The molecule has 0 bridgehead atoms. The first-order chi connectivity index (χ1) is 9.19. The minimum Gasteiger partial charge on any atom is -0.509 e. The number of ether oxygens (including phenoxy) is 1. The van der Waals surface area contributed by atoms with Crippen molar-refractivity contribution < 1.29 is 14.6 Å². The van der Waals surface area contributed by atoms with Crippen LogP contribution in [0, 0.1) is 0 Å². The molecule has 0 saturated carbocycles. The Hall–Kier alpha value is -1.91. The molecule has 1 amide bonds. The molecule has 1 fully saturated rings. The maximum atomic E-state index is 11.9. The van der Waals surface area contributed by atoms with Gasteiger partial charge in [-0.3, -0.25) is 0 Å². The Kier molecular flexibility index (Phi) is 5.25. The predicted molar refractivity (Wildman–Crippen MR) is 79.4 cm³/mol. The van der Waals surface area contributed by atoms with Crippen molar-refractivity contribution in [3.8, 4) is 0 Å². The fraction of sp³-hybridized carbons (Fsp3) is 0.533. The van der Waals surface area contributed by atoms with Crippen LogP contribution in [0.15, 0.2) is 36.8 Å². The van der Waals surface area contributed by atoms with Gasteiger partial charge < -0.3 is 19.6 Å². The second-order valence-corrected chi connectivity index (χ2v) is 5.77. The Balaban J connectivity index is 2.46. The van der Waals surface area contributed by atoms with Gasteiger partial charge >= 0.3 is 6.09 Å². The van der Waals surface area contributed by atoms with Crippen LogP contribution in [0.5, 0.6) is 0 Å². The van der Waals surface area contributed by atoms with Crippen LogP contribution in [0.25, 0.3) is 0 Å². The molecular weight excluding hydrogens is 256 g/mol. The normalized spacial score (nSPS) is 16.4. The molecule has 1 aliphatic rings. The maximum Gasteiger partial charge on any atom is 0.410 e. The van der Waals surface area contributed by atoms with Gasteiger partial charge in [-0.15, -0.1) is 0 Å². The van der Waals surface area contributed by atoms with E-state index in [9.17, 15) is 4.79 Å². The van der Waals surface area contributed by atoms with E-state index in [2.05, 4.69) is 18.1 Å². The van der Waals surface area contributed by atoms with E-state index >= 15 is 0 Å². The Labute approximate surface area is 120 Å². The molecule has 5 nitrogen and oxygen atoms in total. The van der Waals surface area contributed by atoms with Gasteiger partial charge in [-0.2, -0.15) is 0 Å². The van der Waals surface area contributed by atoms with Crippen LogP contribution in [-0.2, 0) is 4.74 Å². The van der Waals surface area contributed by atoms with Crippen LogP contribution in [0.2, 0.25) is 0 Å². The molecule has 0 aliphatic carbocycles. The highest BCUT2D eigenvalue weighted by molar-refractivity contribution is 5.68. The zero-order valence-corrected chi connectivity index (χ0v) is 12.6. The summed E-state index contributed by atoms with van der Waals surface area (Å²) >= 11 is 0. The van der Waals surface area contributed by atoms with Crippen molar-refractivity contribution in [2.45, 2.75) is 26.4 Å². The molecule has 1 rings (SSSR count). The van der Waals surface area contributed by atoms with Crippen LogP contribution in [0.4, 0.5) is 4.79 Å². The van der Waals surface area contributed by atoms with Gasteiger partial charge in [-0.1, -0.05) is 13.2 Å². The highest BCUT2D eigenvalue weighted by atomic mass is 16.6. The number of hydrogen-bond acceptors (Lipinski definition) is 4. The number of hydrogen-bond donors (Lipinski definition) is 1. The first-order valence-electron chi connectivity index (χ1n) is 6.67. The molecule has 5 heteroatoms. The van der Waals surface area contributed by atoms with Gasteiger partial charge in [0.25, 0.3) is 0 Å². The van der Waals surface area contributed by atoms with E-state index in [0.717, 1.165) is 5.70 Å². The van der Waals surface area contributed by atoms with Crippen molar-refractivity contribution in [2.75, 3.05) is 26.2 Å². The summed E-state index contributed by atoms with van der Waals surface area (Å²) in [5, 5.41) is 9.01. The van der Waals surface area contributed by atoms with Gasteiger partial charge in [0, 0.05) is 31.9 Å². The Morgan fingerprint density at radius 2 is 1.60 bits per heavy atom. The topological polar surface area (TPSA) is 53.0 Å². The second kappa shape index (κ2) is 6.50. The van der Waals surface area contributed by atoms with Crippen molar-refractivity contribution in [3.63, 3.8) is 0 Å². The SMILES string of the molecule is C=C(O)/C=C\C(=C)N1CCN(C(=O)OC(C)(C)C)CC1. The molecule has 112 valence electrons. The first-order valence-corrected chi connectivity index (χ1v) is 6.67. The van der Waals surface area contributed by atoms with Gasteiger partial charge in [-0.25, -0.2) is 4.79 Å². The largest absolute Gasteiger partial charge is 0.509 e. The number of nitrogens with zero attached hydrogens (tertiary/aromatic N) is 2. The fourth-order valence-corrected chi connectivity index (χ4v) is 1.80. The van der Waals surface area contributed by atoms with Crippen molar-refractivity contribution in [3.05, 3.63) is 36.8 Å². The van der Waals surface area contributed by atoms with E-state index in [1.54, 1.807) is 11.0 Å². The zero-order chi connectivity index (χ0) is 15.3. The monoisotopic (exact) mass is 280 g/mol. The molecule has 0 aromatic rings. The number of rotatable bonds is 3. The summed E-state index contributed by atoms with van der Waals surface area (Å²) in [6.45, 7) is 15.5. The van der Waals surface area contributed by atoms with Crippen LogP contribution < -0.4 is 0 Å². The molecule has 1 aliphatic heterocycles. The molecular formula is C15H24N2O3. The van der Waals surface area contributed by atoms with E-state index in [1.807, 2.05) is 20.8 Å². The van der Waals surface area contributed by atoms with E-state index in [-0.39, 0.29) is 11.9 Å². The second-order valence-electron chi connectivity index (χ2n) is 5.77. The molecule has 20 heavy (non-hydrogen) atoms. The predicted octanol–water partition coefficient (Wildman–Crippen LogP) is 2.68. The van der Waals surface area contributed by atoms with Crippen LogP contribution in [0.3, 0.4) is 0 Å². The molecule has 1 N–H and O–H groups in total. The lowest BCUT2D eigenvalue weighted by molar-refractivity contribution is 0.0171. The Bertz CT molecular complexity index is 413. The standard InChI is InChI=1S/C15H24N2O3/c1-12(6-7-13(2)18)16-8-10-17(11-9-16)14(19)20-15(3,4)5/h6-7,18H,1-2,8-11H2,3-5H3/b7-6-. The van der Waals surface area contributed by atoms with Gasteiger partial charge in [-0.05, 0) is 32.9 Å². The number of carbonyl (C=O) groups excluding carboxylic acids is 1. The van der Waals surface area contributed by atoms with Crippen LogP contribution in [0.1, 0.15) is 20.8 Å². The lowest BCUT2D eigenvalue weighted by atomic mass is 10.2. The summed E-state index contributed by atoms with van der Waals surface area (Å²) in [5.74, 6) is -0.00135. The van der Waals surface area contributed by atoms with E-state index in [0.29, 0.717) is 26.2 Å². The molecule has 0 atom stereocenters. The summed E-state index contributed by atoms with van der Waals surface area (Å²) in [5.41, 5.74) is 0.325. The molecule has 0 radical (unpaired) electrons. The summed E-state index contributed by atoms with van der Waals surface area (Å²) in [7, 11) is 0. The number of carbonyl (C=O) groups is 1. The van der Waals surface area contributed by atoms with E-state index in [4.69, 9.17) is 9.84 Å². The number of piperazine rings is 1. The number of aliphatic hydroxyl groups excluding tert-OH is 1. The number of aliphatic hydroxyl groups is 1. The molecule has 0 aromatic heterocycles. The first kappa shape index (κ1) is 16.1. The van der Waals surface area contributed by atoms with Crippen LogP contribution in [-0.4, -0.2) is 52.8 Å². The zero-order valence-electron chi connectivity index (χ0n) is 12.6. The summed E-state index contributed by atoms with van der Waals surface area (Å²) < 4.78 is 5.34. The third kappa shape index (κ3) is 5.38. The van der Waals surface area contributed by atoms with Crippen LogP contribution >= 0.6 is 0 Å². The quantitative estimate of drug-likeness (QED) is 0.638. The highest BCUT2D eigenvalue weighted by Gasteiger charge is 2.25. The summed E-state index contributed by atoms with van der Waals surface area (Å²) in [6.07, 6.45) is 2.94. The average molecular weight is 280 g/mol. The number of amides is 1. The van der Waals surface area contributed by atoms with Crippen molar-refractivity contribution in [1.82, 2.24) is 9.80 Å². The highest BCUT2D eigenvalue weighted by Crippen LogP contribution is 2.14. The van der Waals surface area contributed by atoms with Gasteiger partial charge in [0.15, 0.2) is 0 Å². The molecule has 0 aromatic carbocycles. The third-order valence-corrected chi connectivity index (χ3v) is 2.81. The average Bonchev–Trinajstić information content (AvgIpc) is 2.34. The van der Waals surface area contributed by atoms with Gasteiger partial charge in [0.05, 0.1) is 0 Å². The lowest BCUT2D eigenvalue weighted by Crippen LogP contribution is -2.49. The molecule has 0 spiro atoms. The van der Waals surface area contributed by atoms with Crippen molar-refractivity contribution >= 4 is 6.09 Å². The fourth-order valence-electron chi connectivity index (χ4n) is 1.80. The minimum absolute atomic E-state index is 0.00135. The summed E-state index contributed by atoms with van der Waals surface area (Å²) in [6, 6.07) is 0. The van der Waals surface area contributed by atoms with Gasteiger partial charge in [0.2, 0.25) is 0 Å². The third-order valence-electron chi connectivity index (χ3n) is 2.81. The maximum absolute atomic E-state index is 11.9. The van der Waals surface area contributed by atoms with E-state index < -0.39 is 5.60 Å². The smallest absolute Gasteiger partial charge is 0.410 e. The Morgan fingerprint density at radius 1 is 1.10 bits per heavy atom. The minimum atomic E-state index is -0.470. The van der Waals surface area contributed by atoms with Crippen molar-refractivity contribution in [2.24, 2.45) is 0 Å².